The number of rotatable bonds is 10. The van der Waals surface area contributed by atoms with Crippen molar-refractivity contribution in [1.82, 2.24) is 10.2 Å². The summed E-state index contributed by atoms with van der Waals surface area (Å²) in [6, 6.07) is 7.57. The summed E-state index contributed by atoms with van der Waals surface area (Å²) in [7, 11) is 0. The predicted octanol–water partition coefficient (Wildman–Crippen LogP) is 3.35. The summed E-state index contributed by atoms with van der Waals surface area (Å²) in [5.74, 6) is 0.856. The van der Waals surface area contributed by atoms with Crippen molar-refractivity contribution in [2.45, 2.75) is 39.0 Å². The second-order valence-corrected chi connectivity index (χ2v) is 9.22. The van der Waals surface area contributed by atoms with E-state index >= 15 is 0 Å². The summed E-state index contributed by atoms with van der Waals surface area (Å²) in [4.78, 5) is 20.0. The zero-order valence-corrected chi connectivity index (χ0v) is 19.1. The molecule has 0 aromatic heterocycles. The van der Waals surface area contributed by atoms with E-state index in [1.807, 2.05) is 37.3 Å². The maximum atomic E-state index is 12.0. The van der Waals surface area contributed by atoms with Gasteiger partial charge in [0.15, 0.2) is 6.61 Å². The molecule has 4 rings (SSSR count). The lowest BCUT2D eigenvalue weighted by Crippen LogP contribution is -2.36. The van der Waals surface area contributed by atoms with Gasteiger partial charge in [0.25, 0.3) is 5.91 Å². The maximum absolute atomic E-state index is 12.0. The van der Waals surface area contributed by atoms with Gasteiger partial charge < -0.3 is 19.6 Å². The molecule has 7 nitrogen and oxygen atoms in total. The van der Waals surface area contributed by atoms with Crippen molar-refractivity contribution >= 4 is 11.6 Å². The molecule has 0 radical (unpaired) electrons. The topological polar surface area (TPSA) is 72.4 Å². The van der Waals surface area contributed by atoms with Crippen molar-refractivity contribution in [3.05, 3.63) is 42.2 Å². The standard InChI is InChI=1S/C25H35N3O4/c1-20(27-32-17-14-28-12-10-25(8-9-25)11-13-28)22-2-4-23(5-3-22)31-19-24(29)26-18-21-6-15-30-16-7-21/h2-6,15,21H,7-14,16-19H2,1H3,(H,26,29)/b27-20+. The molecule has 32 heavy (non-hydrogen) atoms. The Labute approximate surface area is 190 Å². The van der Waals surface area contributed by atoms with Gasteiger partial charge in [0.05, 0.1) is 18.6 Å². The Hall–Kier alpha value is -2.54. The van der Waals surface area contributed by atoms with Gasteiger partial charge in [0.1, 0.15) is 12.4 Å². The highest BCUT2D eigenvalue weighted by Gasteiger charge is 2.44. The van der Waals surface area contributed by atoms with Gasteiger partial charge in [-0.3, -0.25) is 9.69 Å². The summed E-state index contributed by atoms with van der Waals surface area (Å²) in [5.41, 5.74) is 2.52. The molecule has 7 heteroatoms. The molecular weight excluding hydrogens is 406 g/mol. The van der Waals surface area contributed by atoms with E-state index in [1.165, 1.54) is 38.8 Å². The third-order valence-electron chi connectivity index (χ3n) is 6.83. The van der Waals surface area contributed by atoms with Crippen LogP contribution in [0.15, 0.2) is 41.8 Å². The molecular formula is C25H35N3O4. The largest absolute Gasteiger partial charge is 0.501 e. The highest BCUT2D eigenvalue weighted by atomic mass is 16.6. The highest BCUT2D eigenvalue weighted by molar-refractivity contribution is 5.98. The first-order valence-corrected chi connectivity index (χ1v) is 11.8. The summed E-state index contributed by atoms with van der Waals surface area (Å²) in [6.45, 7) is 7.18. The Bertz CT molecular complexity index is 807. The summed E-state index contributed by atoms with van der Waals surface area (Å²) in [5, 5.41) is 7.16. The van der Waals surface area contributed by atoms with Crippen LogP contribution in [0.5, 0.6) is 5.75 Å². The van der Waals surface area contributed by atoms with Gasteiger partial charge in [-0.05, 0) is 93.4 Å². The van der Waals surface area contributed by atoms with Crippen LogP contribution in [0, 0.1) is 11.3 Å². The van der Waals surface area contributed by atoms with Crippen LogP contribution in [0.2, 0.25) is 0 Å². The van der Waals surface area contributed by atoms with Crippen LogP contribution in [0.3, 0.4) is 0 Å². The number of nitrogens with one attached hydrogen (secondary N) is 1. The van der Waals surface area contributed by atoms with Crippen LogP contribution in [-0.4, -0.2) is 62.5 Å². The lowest BCUT2D eigenvalue weighted by atomic mass is 9.94. The average Bonchev–Trinajstić information content (AvgIpc) is 3.60. The molecule has 1 N–H and O–H groups in total. The molecule has 3 aliphatic rings. The number of benzene rings is 1. The fraction of sp³-hybridized carbons (Fsp3) is 0.600. The first-order chi connectivity index (χ1) is 15.6. The normalized spacial score (nSPS) is 22.3. The molecule has 1 amide bonds. The van der Waals surface area contributed by atoms with Crippen molar-refractivity contribution in [3.63, 3.8) is 0 Å². The van der Waals surface area contributed by atoms with Crippen molar-refractivity contribution < 1.29 is 19.1 Å². The number of oxime groups is 1. The minimum Gasteiger partial charge on any atom is -0.501 e. The van der Waals surface area contributed by atoms with E-state index in [9.17, 15) is 4.79 Å². The van der Waals surface area contributed by atoms with Gasteiger partial charge in [-0.25, -0.2) is 0 Å². The number of hydrogen-bond donors (Lipinski definition) is 1. The smallest absolute Gasteiger partial charge is 0.257 e. The molecule has 174 valence electrons. The molecule has 1 unspecified atom stereocenters. The molecule has 1 saturated heterocycles. The molecule has 2 aliphatic heterocycles. The zero-order chi connectivity index (χ0) is 22.2. The van der Waals surface area contributed by atoms with Crippen LogP contribution in [0.25, 0.3) is 0 Å². The van der Waals surface area contributed by atoms with E-state index in [1.54, 1.807) is 6.26 Å². The summed E-state index contributed by atoms with van der Waals surface area (Å²) >= 11 is 0. The van der Waals surface area contributed by atoms with E-state index in [-0.39, 0.29) is 12.5 Å². The van der Waals surface area contributed by atoms with Crippen molar-refractivity contribution in [1.29, 1.82) is 0 Å². The summed E-state index contributed by atoms with van der Waals surface area (Å²) in [6.07, 6.45) is 10.2. The predicted molar refractivity (Wildman–Crippen MR) is 124 cm³/mol. The molecule has 1 saturated carbocycles. The molecule has 1 aromatic carbocycles. The van der Waals surface area contributed by atoms with Crippen molar-refractivity contribution in [2.75, 3.05) is 46.0 Å². The minimum atomic E-state index is -0.124. The van der Waals surface area contributed by atoms with Crippen molar-refractivity contribution in [2.24, 2.45) is 16.5 Å². The molecule has 1 aliphatic carbocycles. The first kappa shape index (κ1) is 22.6. The van der Waals surface area contributed by atoms with Crippen molar-refractivity contribution in [3.8, 4) is 5.75 Å². The molecule has 2 heterocycles. The highest BCUT2D eigenvalue weighted by Crippen LogP contribution is 2.53. The fourth-order valence-electron chi connectivity index (χ4n) is 4.25. The van der Waals surface area contributed by atoms with Crippen LogP contribution in [0.4, 0.5) is 0 Å². The van der Waals surface area contributed by atoms with Crippen LogP contribution >= 0.6 is 0 Å². The quantitative estimate of drug-likeness (QED) is 0.343. The van der Waals surface area contributed by atoms with E-state index in [2.05, 4.69) is 15.4 Å². The number of ether oxygens (including phenoxy) is 2. The van der Waals surface area contributed by atoms with Crippen LogP contribution in [-0.2, 0) is 14.4 Å². The van der Waals surface area contributed by atoms with Gasteiger partial charge in [-0.2, -0.15) is 0 Å². The average molecular weight is 442 g/mol. The molecule has 1 spiro atoms. The maximum Gasteiger partial charge on any atom is 0.257 e. The fourth-order valence-corrected chi connectivity index (χ4v) is 4.25. The number of carbonyl (C=O) groups excluding carboxylic acids is 1. The Kier molecular flexibility index (Phi) is 7.68. The molecule has 1 aromatic rings. The Morgan fingerprint density at radius 2 is 2.00 bits per heavy atom. The number of amides is 1. The Morgan fingerprint density at radius 3 is 2.69 bits per heavy atom. The number of hydrogen-bond acceptors (Lipinski definition) is 6. The van der Waals surface area contributed by atoms with E-state index in [4.69, 9.17) is 14.3 Å². The monoisotopic (exact) mass is 441 g/mol. The lowest BCUT2D eigenvalue weighted by Gasteiger charge is -2.31. The van der Waals surface area contributed by atoms with Gasteiger partial charge in [-0.15, -0.1) is 0 Å². The van der Waals surface area contributed by atoms with E-state index in [0.29, 0.717) is 36.8 Å². The van der Waals surface area contributed by atoms with Crippen LogP contribution < -0.4 is 10.1 Å². The van der Waals surface area contributed by atoms with E-state index in [0.717, 1.165) is 24.2 Å². The van der Waals surface area contributed by atoms with E-state index < -0.39 is 0 Å². The van der Waals surface area contributed by atoms with Crippen LogP contribution in [0.1, 0.15) is 44.6 Å². The third kappa shape index (κ3) is 6.73. The number of likely N-dealkylation sites (tertiary alicyclic amines) is 1. The Morgan fingerprint density at radius 1 is 1.22 bits per heavy atom. The molecule has 2 fully saturated rings. The molecule has 1 atom stereocenters. The van der Waals surface area contributed by atoms with Gasteiger partial charge >= 0.3 is 0 Å². The number of carbonyl (C=O) groups is 1. The number of nitrogens with zero attached hydrogens (tertiary/aromatic N) is 2. The molecule has 0 bridgehead atoms. The van der Waals surface area contributed by atoms with Gasteiger partial charge in [0, 0.05) is 19.0 Å². The second-order valence-electron chi connectivity index (χ2n) is 9.22. The van der Waals surface area contributed by atoms with Gasteiger partial charge in [-0.1, -0.05) is 5.16 Å². The lowest BCUT2D eigenvalue weighted by molar-refractivity contribution is -0.123. The minimum absolute atomic E-state index is 0.0000828. The SMILES string of the molecule is C/C(=N\OCCN1CCC2(CC1)CC2)c1ccc(OCC(=O)NCC2C=COCC2)cc1. The first-order valence-electron chi connectivity index (χ1n) is 11.8. The van der Waals surface area contributed by atoms with Gasteiger partial charge in [0.2, 0.25) is 0 Å². The summed E-state index contributed by atoms with van der Waals surface area (Å²) < 4.78 is 10.8. The zero-order valence-electron chi connectivity index (χ0n) is 19.1. The Balaban J connectivity index is 1.12. The number of piperidine rings is 1. The third-order valence-corrected chi connectivity index (χ3v) is 6.83. The second kappa shape index (κ2) is 10.9.